The van der Waals surface area contributed by atoms with Crippen LogP contribution >= 0.6 is 11.8 Å². The Morgan fingerprint density at radius 2 is 1.47 bits per heavy atom. The fourth-order valence-electron chi connectivity index (χ4n) is 2.54. The second kappa shape index (κ2) is 14.6. The normalized spacial score (nSPS) is 15.7. The number of aliphatic hydroxyl groups is 1. The number of primary amides is 1. The predicted octanol–water partition coefficient (Wildman–Crippen LogP) is -2.09. The van der Waals surface area contributed by atoms with Crippen molar-refractivity contribution in [2.45, 2.75) is 70.3 Å². The highest BCUT2D eigenvalue weighted by Gasteiger charge is 2.32. The zero-order valence-electron chi connectivity index (χ0n) is 18.8. The molecule has 0 spiro atoms. The quantitative estimate of drug-likeness (QED) is 0.137. The SMILES string of the molecule is CSCCC(NC(=O)C(NC(=O)C(N)C(C)C)C(C)O)C(=O)NC(CCC(N)=O)C(=O)O. The smallest absolute Gasteiger partial charge is 0.326 e. The van der Waals surface area contributed by atoms with Gasteiger partial charge in [0.1, 0.15) is 18.1 Å². The highest BCUT2D eigenvalue weighted by atomic mass is 32.2. The van der Waals surface area contributed by atoms with Crippen molar-refractivity contribution < 1.29 is 34.2 Å². The summed E-state index contributed by atoms with van der Waals surface area (Å²) in [6, 6.07) is -4.79. The molecule has 9 N–H and O–H groups in total. The first-order valence-corrected chi connectivity index (χ1v) is 11.6. The molecule has 12 nitrogen and oxygen atoms in total. The van der Waals surface area contributed by atoms with Crippen molar-refractivity contribution in [2.75, 3.05) is 12.0 Å². The maximum absolute atomic E-state index is 12.7. The van der Waals surface area contributed by atoms with Crippen LogP contribution in [0.5, 0.6) is 0 Å². The number of hydrogen-bond acceptors (Lipinski definition) is 8. The molecule has 0 aromatic rings. The number of rotatable bonds is 15. The van der Waals surface area contributed by atoms with E-state index in [0.29, 0.717) is 5.75 Å². The number of hydrogen-bond donors (Lipinski definition) is 7. The van der Waals surface area contributed by atoms with Gasteiger partial charge in [-0.15, -0.1) is 0 Å². The van der Waals surface area contributed by atoms with Crippen LogP contribution in [0, 0.1) is 5.92 Å². The fourth-order valence-corrected chi connectivity index (χ4v) is 3.01. The summed E-state index contributed by atoms with van der Waals surface area (Å²) in [5.74, 6) is -4.06. The highest BCUT2D eigenvalue weighted by Crippen LogP contribution is 2.06. The third kappa shape index (κ3) is 10.8. The summed E-state index contributed by atoms with van der Waals surface area (Å²) >= 11 is 1.40. The molecule has 184 valence electrons. The molecule has 0 aliphatic heterocycles. The van der Waals surface area contributed by atoms with Crippen molar-refractivity contribution in [3.05, 3.63) is 0 Å². The summed E-state index contributed by atoms with van der Waals surface area (Å²) in [6.07, 6.45) is 0.206. The zero-order valence-corrected chi connectivity index (χ0v) is 19.6. The lowest BCUT2D eigenvalue weighted by molar-refractivity contribution is -0.142. The second-order valence-electron chi connectivity index (χ2n) is 7.74. The first-order chi connectivity index (χ1) is 14.8. The summed E-state index contributed by atoms with van der Waals surface area (Å²) < 4.78 is 0. The number of carbonyl (C=O) groups excluding carboxylic acids is 4. The number of aliphatic hydroxyl groups excluding tert-OH is 1. The molecule has 0 aliphatic carbocycles. The Balaban J connectivity index is 5.40. The molecular weight excluding hydrogens is 442 g/mol. The van der Waals surface area contributed by atoms with E-state index in [-0.39, 0.29) is 25.2 Å². The molecule has 32 heavy (non-hydrogen) atoms. The molecule has 0 aliphatic rings. The van der Waals surface area contributed by atoms with E-state index in [2.05, 4.69) is 16.0 Å². The summed E-state index contributed by atoms with van der Waals surface area (Å²) in [4.78, 5) is 60.0. The first-order valence-electron chi connectivity index (χ1n) is 10.2. The second-order valence-corrected chi connectivity index (χ2v) is 8.73. The Morgan fingerprint density at radius 3 is 1.91 bits per heavy atom. The molecule has 5 atom stereocenters. The predicted molar refractivity (Wildman–Crippen MR) is 119 cm³/mol. The number of aliphatic carboxylic acids is 1. The van der Waals surface area contributed by atoms with Crippen molar-refractivity contribution >= 4 is 41.4 Å². The van der Waals surface area contributed by atoms with E-state index >= 15 is 0 Å². The van der Waals surface area contributed by atoms with Gasteiger partial charge in [-0.3, -0.25) is 19.2 Å². The van der Waals surface area contributed by atoms with Gasteiger partial charge in [-0.25, -0.2) is 4.79 Å². The standard InChI is InChI=1S/C19H35N5O7S/c1-9(2)14(21)17(28)24-15(10(3)25)18(29)22-11(7-8-32-4)16(27)23-12(19(30)31)5-6-13(20)26/h9-12,14-15,25H,5-8,21H2,1-4H3,(H2,20,26)(H,22,29)(H,23,27)(H,24,28)(H,30,31). The average molecular weight is 478 g/mol. The van der Waals surface area contributed by atoms with E-state index in [1.807, 2.05) is 0 Å². The fraction of sp³-hybridized carbons (Fsp3) is 0.737. The van der Waals surface area contributed by atoms with Gasteiger partial charge in [0, 0.05) is 6.42 Å². The molecule has 0 heterocycles. The molecule has 4 amide bonds. The largest absolute Gasteiger partial charge is 0.480 e. The van der Waals surface area contributed by atoms with Gasteiger partial charge in [-0.2, -0.15) is 11.8 Å². The van der Waals surface area contributed by atoms with Gasteiger partial charge in [0.05, 0.1) is 12.1 Å². The minimum Gasteiger partial charge on any atom is -0.480 e. The molecular formula is C19H35N5O7S. The minimum atomic E-state index is -1.38. The van der Waals surface area contributed by atoms with Crippen LogP contribution in [0.1, 0.15) is 40.0 Å². The number of carboxylic acid groups (broad SMARTS) is 1. The van der Waals surface area contributed by atoms with E-state index in [1.165, 1.54) is 18.7 Å². The minimum absolute atomic E-state index is 0.160. The van der Waals surface area contributed by atoms with Gasteiger partial charge < -0.3 is 37.6 Å². The van der Waals surface area contributed by atoms with Crippen molar-refractivity contribution in [1.82, 2.24) is 16.0 Å². The first kappa shape index (κ1) is 29.6. The molecule has 0 rings (SSSR count). The Kier molecular flexibility index (Phi) is 13.5. The molecule has 0 aromatic carbocycles. The van der Waals surface area contributed by atoms with Crippen LogP contribution in [-0.2, 0) is 24.0 Å². The van der Waals surface area contributed by atoms with E-state index in [0.717, 1.165) is 0 Å². The maximum Gasteiger partial charge on any atom is 0.326 e. The number of carbonyl (C=O) groups is 5. The number of carboxylic acids is 1. The highest BCUT2D eigenvalue weighted by molar-refractivity contribution is 7.98. The van der Waals surface area contributed by atoms with Gasteiger partial charge in [0.15, 0.2) is 0 Å². The van der Waals surface area contributed by atoms with E-state index in [9.17, 15) is 34.2 Å². The average Bonchev–Trinajstić information content (AvgIpc) is 2.70. The maximum atomic E-state index is 12.7. The Bertz CT molecular complexity index is 674. The molecule has 0 radical (unpaired) electrons. The van der Waals surface area contributed by atoms with Crippen LogP contribution < -0.4 is 27.4 Å². The molecule has 0 saturated heterocycles. The lowest BCUT2D eigenvalue weighted by atomic mass is 10.0. The molecule has 0 saturated carbocycles. The van der Waals surface area contributed by atoms with Crippen molar-refractivity contribution in [1.29, 1.82) is 0 Å². The van der Waals surface area contributed by atoms with Crippen LogP contribution in [0.4, 0.5) is 0 Å². The van der Waals surface area contributed by atoms with Gasteiger partial charge in [0.2, 0.25) is 23.6 Å². The van der Waals surface area contributed by atoms with Crippen molar-refractivity contribution in [3.63, 3.8) is 0 Å². The molecule has 0 bridgehead atoms. The van der Waals surface area contributed by atoms with Crippen molar-refractivity contribution in [2.24, 2.45) is 17.4 Å². The lowest BCUT2D eigenvalue weighted by Crippen LogP contribution is -2.60. The van der Waals surface area contributed by atoms with Gasteiger partial charge in [-0.05, 0) is 37.7 Å². The molecule has 13 heteroatoms. The van der Waals surface area contributed by atoms with E-state index < -0.39 is 59.9 Å². The molecule has 0 fully saturated rings. The van der Waals surface area contributed by atoms with E-state index in [1.54, 1.807) is 20.1 Å². The molecule has 0 aromatic heterocycles. The van der Waals surface area contributed by atoms with Crippen LogP contribution in [0.3, 0.4) is 0 Å². The van der Waals surface area contributed by atoms with Crippen LogP contribution in [-0.4, -0.2) is 82.1 Å². The topological polar surface area (TPSA) is 214 Å². The number of thioether (sulfide) groups is 1. The Morgan fingerprint density at radius 1 is 0.906 bits per heavy atom. The van der Waals surface area contributed by atoms with Crippen LogP contribution in [0.15, 0.2) is 0 Å². The molecule has 5 unspecified atom stereocenters. The lowest BCUT2D eigenvalue weighted by Gasteiger charge is -2.27. The summed E-state index contributed by atoms with van der Waals surface area (Å²) in [7, 11) is 0. The van der Waals surface area contributed by atoms with Gasteiger partial charge in [0.25, 0.3) is 0 Å². The Labute approximate surface area is 191 Å². The number of nitrogens with one attached hydrogen (secondary N) is 3. The third-order valence-corrected chi connectivity index (χ3v) is 5.27. The monoisotopic (exact) mass is 477 g/mol. The van der Waals surface area contributed by atoms with Gasteiger partial charge in [-0.1, -0.05) is 13.8 Å². The number of nitrogens with two attached hydrogens (primary N) is 2. The van der Waals surface area contributed by atoms with Crippen molar-refractivity contribution in [3.8, 4) is 0 Å². The summed E-state index contributed by atoms with van der Waals surface area (Å²) in [5.41, 5.74) is 10.8. The summed E-state index contributed by atoms with van der Waals surface area (Å²) in [5, 5.41) is 26.4. The van der Waals surface area contributed by atoms with Gasteiger partial charge >= 0.3 is 5.97 Å². The zero-order chi connectivity index (χ0) is 25.0. The number of amides is 4. The summed E-state index contributed by atoms with van der Waals surface area (Å²) in [6.45, 7) is 4.75. The Hall–Kier alpha value is -2.38. The van der Waals surface area contributed by atoms with E-state index in [4.69, 9.17) is 11.5 Å². The third-order valence-electron chi connectivity index (χ3n) is 4.62. The van der Waals surface area contributed by atoms with Crippen LogP contribution in [0.2, 0.25) is 0 Å². The van der Waals surface area contributed by atoms with Crippen LogP contribution in [0.25, 0.3) is 0 Å².